The summed E-state index contributed by atoms with van der Waals surface area (Å²) >= 11 is 0. The van der Waals surface area contributed by atoms with E-state index in [0.717, 1.165) is 30.7 Å². The van der Waals surface area contributed by atoms with Crippen molar-refractivity contribution in [3.8, 4) is 0 Å². The molecule has 1 aromatic heterocycles. The first-order valence-electron chi connectivity index (χ1n) is 12.7. The van der Waals surface area contributed by atoms with Gasteiger partial charge in [-0.15, -0.1) is 0 Å². The van der Waals surface area contributed by atoms with Crippen molar-refractivity contribution in [3.05, 3.63) is 60.3 Å². The van der Waals surface area contributed by atoms with Gasteiger partial charge in [-0.25, -0.2) is 4.79 Å². The maximum atomic E-state index is 13.1. The minimum absolute atomic E-state index is 0.297. The Kier molecular flexibility index (Phi) is 8.25. The summed E-state index contributed by atoms with van der Waals surface area (Å²) in [7, 11) is 0. The van der Waals surface area contributed by atoms with Gasteiger partial charge in [0.25, 0.3) is 0 Å². The van der Waals surface area contributed by atoms with Crippen LogP contribution in [0.2, 0.25) is 0 Å². The molecule has 1 aliphatic rings. The number of aromatic amines is 1. The van der Waals surface area contributed by atoms with Crippen LogP contribution >= 0.6 is 0 Å². The molecule has 1 atom stereocenters. The summed E-state index contributed by atoms with van der Waals surface area (Å²) in [5.74, 6) is 0.540. The van der Waals surface area contributed by atoms with E-state index in [1.807, 2.05) is 49.4 Å². The fourth-order valence-corrected chi connectivity index (χ4v) is 4.98. The number of benzene rings is 2. The molecule has 2 amide bonds. The van der Waals surface area contributed by atoms with E-state index in [1.54, 1.807) is 0 Å². The largest absolute Gasteiger partial charge is 0.361 e. The van der Waals surface area contributed by atoms with E-state index in [2.05, 4.69) is 41.3 Å². The highest BCUT2D eigenvalue weighted by molar-refractivity contribution is 6.01. The summed E-state index contributed by atoms with van der Waals surface area (Å²) in [6, 6.07) is 15.9. The van der Waals surface area contributed by atoms with Crippen LogP contribution in [0.25, 0.3) is 10.9 Å². The summed E-state index contributed by atoms with van der Waals surface area (Å²) in [5, 5.41) is 5.58. The van der Waals surface area contributed by atoms with Crippen molar-refractivity contribution < 1.29 is 9.63 Å². The molecular weight excluding hydrogens is 424 g/mol. The lowest BCUT2D eigenvalue weighted by molar-refractivity contribution is 0.122. The number of urea groups is 1. The molecule has 0 saturated carbocycles. The Balaban J connectivity index is 1.48. The Morgan fingerprint density at radius 2 is 1.91 bits per heavy atom. The molecule has 182 valence electrons. The quantitative estimate of drug-likeness (QED) is 0.339. The monoisotopic (exact) mass is 462 g/mol. The molecule has 2 heterocycles. The molecule has 1 unspecified atom stereocenters. The zero-order valence-electron chi connectivity index (χ0n) is 20.7. The average molecular weight is 463 g/mol. The first kappa shape index (κ1) is 24.3. The number of hydroxylamine groups is 1. The molecule has 0 radical (unpaired) electrons. The molecular formula is C28H38N4O2. The Morgan fingerprint density at radius 3 is 2.62 bits per heavy atom. The minimum atomic E-state index is -0.297. The molecule has 6 heteroatoms. The fraction of sp³-hybridized carbons (Fsp3) is 0.464. The lowest BCUT2D eigenvalue weighted by atomic mass is 9.88. The van der Waals surface area contributed by atoms with Gasteiger partial charge in [-0.05, 0) is 87.5 Å². The molecule has 0 spiro atoms. The van der Waals surface area contributed by atoms with Crippen LogP contribution in [0.3, 0.4) is 0 Å². The average Bonchev–Trinajstić information content (AvgIpc) is 3.28. The molecule has 1 aliphatic heterocycles. The number of amides is 2. The number of hydrogen-bond donors (Lipinski definition) is 2. The Labute approximate surface area is 203 Å². The third kappa shape index (κ3) is 5.62. The number of H-pyrrole nitrogens is 1. The molecule has 4 rings (SSSR count). The van der Waals surface area contributed by atoms with Gasteiger partial charge >= 0.3 is 6.03 Å². The molecule has 6 nitrogen and oxygen atoms in total. The van der Waals surface area contributed by atoms with E-state index < -0.39 is 0 Å². The minimum Gasteiger partial charge on any atom is -0.361 e. The SMILES string of the molecule is CCCON(C(=O)Nc1ccc2[nH]cc(C3CCN(C(C)CCC)CC3)c2c1)c1ccccc1. The second kappa shape index (κ2) is 11.5. The predicted octanol–water partition coefficient (Wildman–Crippen LogP) is 6.92. The normalized spacial score (nSPS) is 16.0. The predicted molar refractivity (Wildman–Crippen MR) is 140 cm³/mol. The molecule has 1 fully saturated rings. The third-order valence-electron chi connectivity index (χ3n) is 6.86. The summed E-state index contributed by atoms with van der Waals surface area (Å²) < 4.78 is 0. The molecule has 0 aliphatic carbocycles. The van der Waals surface area contributed by atoms with Crippen LogP contribution in [0.5, 0.6) is 0 Å². The zero-order chi connectivity index (χ0) is 23.9. The van der Waals surface area contributed by atoms with Crippen LogP contribution in [-0.2, 0) is 4.84 Å². The number of carbonyl (C=O) groups is 1. The van der Waals surface area contributed by atoms with Crippen molar-refractivity contribution in [3.63, 3.8) is 0 Å². The van der Waals surface area contributed by atoms with Crippen LogP contribution in [0.4, 0.5) is 16.2 Å². The molecule has 34 heavy (non-hydrogen) atoms. The topological polar surface area (TPSA) is 60.6 Å². The van der Waals surface area contributed by atoms with Gasteiger partial charge < -0.3 is 15.2 Å². The second-order valence-corrected chi connectivity index (χ2v) is 9.35. The lowest BCUT2D eigenvalue weighted by Crippen LogP contribution is -2.39. The van der Waals surface area contributed by atoms with Crippen LogP contribution < -0.4 is 10.4 Å². The first-order valence-corrected chi connectivity index (χ1v) is 12.7. The fourth-order valence-electron chi connectivity index (χ4n) is 4.98. The molecule has 1 saturated heterocycles. The number of carbonyl (C=O) groups excluding carboxylic acids is 1. The van der Waals surface area contributed by atoms with Crippen molar-refractivity contribution >= 4 is 28.3 Å². The van der Waals surface area contributed by atoms with E-state index in [1.165, 1.54) is 41.7 Å². The van der Waals surface area contributed by atoms with Crippen LogP contribution in [0.1, 0.15) is 64.4 Å². The van der Waals surface area contributed by atoms with Gasteiger partial charge in [-0.3, -0.25) is 4.84 Å². The number of aromatic nitrogens is 1. The van der Waals surface area contributed by atoms with Gasteiger partial charge in [-0.2, -0.15) is 5.06 Å². The maximum absolute atomic E-state index is 13.1. The van der Waals surface area contributed by atoms with E-state index in [4.69, 9.17) is 4.84 Å². The highest BCUT2D eigenvalue weighted by Gasteiger charge is 2.25. The lowest BCUT2D eigenvalue weighted by Gasteiger charge is -2.36. The van der Waals surface area contributed by atoms with Gasteiger partial charge in [0.2, 0.25) is 0 Å². The van der Waals surface area contributed by atoms with Crippen molar-refractivity contribution in [1.29, 1.82) is 0 Å². The summed E-state index contributed by atoms with van der Waals surface area (Å²) in [6.07, 6.45) is 7.83. The van der Waals surface area contributed by atoms with Crippen molar-refractivity contribution in [2.24, 2.45) is 0 Å². The number of para-hydroxylation sites is 1. The van der Waals surface area contributed by atoms with E-state index in [9.17, 15) is 4.79 Å². The van der Waals surface area contributed by atoms with Gasteiger partial charge in [-0.1, -0.05) is 38.5 Å². The second-order valence-electron chi connectivity index (χ2n) is 9.35. The van der Waals surface area contributed by atoms with Crippen LogP contribution in [0, 0.1) is 0 Å². The van der Waals surface area contributed by atoms with Gasteiger partial charge in [0, 0.05) is 28.8 Å². The van der Waals surface area contributed by atoms with E-state index >= 15 is 0 Å². The number of rotatable bonds is 9. The van der Waals surface area contributed by atoms with Gasteiger partial charge in [0.1, 0.15) is 0 Å². The van der Waals surface area contributed by atoms with Crippen molar-refractivity contribution in [1.82, 2.24) is 9.88 Å². The van der Waals surface area contributed by atoms with Gasteiger partial charge in [0.15, 0.2) is 0 Å². The number of likely N-dealkylation sites (tertiary alicyclic amines) is 1. The number of hydrogen-bond acceptors (Lipinski definition) is 3. The molecule has 3 aromatic rings. The number of anilines is 2. The summed E-state index contributed by atoms with van der Waals surface area (Å²) in [6.45, 7) is 9.41. The smallest absolute Gasteiger partial charge is 0.350 e. The Hall–Kier alpha value is -2.83. The number of nitrogens with one attached hydrogen (secondary N) is 2. The maximum Gasteiger partial charge on any atom is 0.350 e. The van der Waals surface area contributed by atoms with E-state index in [-0.39, 0.29) is 6.03 Å². The van der Waals surface area contributed by atoms with Crippen molar-refractivity contribution in [2.45, 2.75) is 64.8 Å². The summed E-state index contributed by atoms with van der Waals surface area (Å²) in [4.78, 5) is 24.9. The molecule has 0 bridgehead atoms. The van der Waals surface area contributed by atoms with Gasteiger partial charge in [0.05, 0.1) is 12.3 Å². The van der Waals surface area contributed by atoms with Crippen LogP contribution in [0.15, 0.2) is 54.7 Å². The third-order valence-corrected chi connectivity index (χ3v) is 6.86. The number of piperidine rings is 1. The molecule has 2 N–H and O–H groups in total. The highest BCUT2D eigenvalue weighted by Crippen LogP contribution is 2.35. The van der Waals surface area contributed by atoms with Crippen LogP contribution in [-0.4, -0.2) is 41.7 Å². The van der Waals surface area contributed by atoms with E-state index in [0.29, 0.717) is 24.3 Å². The zero-order valence-corrected chi connectivity index (χ0v) is 20.7. The summed E-state index contributed by atoms with van der Waals surface area (Å²) in [5.41, 5.74) is 3.95. The Morgan fingerprint density at radius 1 is 1.15 bits per heavy atom. The number of nitrogens with zero attached hydrogens (tertiary/aromatic N) is 2. The number of fused-ring (bicyclic) bond motifs is 1. The first-order chi connectivity index (χ1) is 16.6. The molecule has 2 aromatic carbocycles. The standard InChI is InChI=1S/C28H38N4O2/c1-4-9-21(3)31-16-14-22(15-17-31)26-20-29-27-13-12-23(19-25(26)27)30-28(33)32(34-18-5-2)24-10-7-6-8-11-24/h6-8,10-13,19-22,29H,4-5,9,14-18H2,1-3H3,(H,30,33). The highest BCUT2D eigenvalue weighted by atomic mass is 16.7. The van der Waals surface area contributed by atoms with Crippen molar-refractivity contribution in [2.75, 3.05) is 30.1 Å². The Bertz CT molecular complexity index is 1060.